The molecular formula is C24H28FN7. The number of hydrogen-bond donors (Lipinski definition) is 3. The topological polar surface area (TPSA) is 86.1 Å². The lowest BCUT2D eigenvalue weighted by Crippen LogP contribution is -2.28. The first-order valence-corrected chi connectivity index (χ1v) is 10.5. The van der Waals surface area contributed by atoms with Gasteiger partial charge in [-0.15, -0.1) is 0 Å². The van der Waals surface area contributed by atoms with Gasteiger partial charge in [-0.25, -0.2) is 14.4 Å². The fraction of sp³-hybridized carbons (Fsp3) is 0.250. The Morgan fingerprint density at radius 2 is 1.94 bits per heavy atom. The van der Waals surface area contributed by atoms with Crippen molar-refractivity contribution in [2.45, 2.75) is 6.92 Å². The monoisotopic (exact) mass is 433 g/mol. The molecule has 0 bridgehead atoms. The van der Waals surface area contributed by atoms with E-state index in [1.54, 1.807) is 6.20 Å². The van der Waals surface area contributed by atoms with Gasteiger partial charge in [-0.3, -0.25) is 0 Å². The van der Waals surface area contributed by atoms with Gasteiger partial charge in [-0.05, 0) is 44.8 Å². The highest BCUT2D eigenvalue weighted by Crippen LogP contribution is 2.32. The van der Waals surface area contributed by atoms with E-state index in [2.05, 4.69) is 30.1 Å². The van der Waals surface area contributed by atoms with Crippen LogP contribution in [0, 0.1) is 12.7 Å². The van der Waals surface area contributed by atoms with Crippen LogP contribution in [0.25, 0.3) is 22.2 Å². The molecule has 32 heavy (non-hydrogen) atoms. The normalized spacial score (nSPS) is 11.3. The molecule has 0 unspecified atom stereocenters. The molecule has 0 saturated heterocycles. The van der Waals surface area contributed by atoms with Crippen molar-refractivity contribution in [1.82, 2.24) is 19.9 Å². The maximum Gasteiger partial charge on any atom is 0.227 e. The van der Waals surface area contributed by atoms with E-state index in [0.29, 0.717) is 17.2 Å². The van der Waals surface area contributed by atoms with Gasteiger partial charge in [0.25, 0.3) is 0 Å². The van der Waals surface area contributed by atoms with Crippen LogP contribution in [0.1, 0.15) is 5.56 Å². The Morgan fingerprint density at radius 1 is 1.12 bits per heavy atom. The van der Waals surface area contributed by atoms with E-state index in [4.69, 9.17) is 5.73 Å². The van der Waals surface area contributed by atoms with Crippen molar-refractivity contribution in [3.8, 4) is 11.3 Å². The number of rotatable bonds is 7. The van der Waals surface area contributed by atoms with Gasteiger partial charge in [0.2, 0.25) is 5.95 Å². The number of likely N-dealkylation sites (N-methyl/N-ethyl adjacent to an activating group) is 2. The number of benzene rings is 2. The average molecular weight is 434 g/mol. The zero-order chi connectivity index (χ0) is 22.8. The van der Waals surface area contributed by atoms with Crippen molar-refractivity contribution in [3.05, 3.63) is 60.2 Å². The van der Waals surface area contributed by atoms with Crippen LogP contribution in [0.15, 0.2) is 48.8 Å². The summed E-state index contributed by atoms with van der Waals surface area (Å²) in [6.07, 6.45) is 2.97. The number of anilines is 4. The van der Waals surface area contributed by atoms with Crippen LogP contribution in [0.5, 0.6) is 0 Å². The molecule has 4 rings (SSSR count). The maximum atomic E-state index is 14.6. The number of nitrogens with two attached hydrogens (primary N) is 1. The summed E-state index contributed by atoms with van der Waals surface area (Å²) in [5.41, 5.74) is 11.6. The van der Waals surface area contributed by atoms with E-state index in [-0.39, 0.29) is 5.69 Å². The molecule has 8 heteroatoms. The molecule has 0 atom stereocenters. The first kappa shape index (κ1) is 21.6. The number of para-hydroxylation sites is 1. The van der Waals surface area contributed by atoms with E-state index < -0.39 is 5.82 Å². The van der Waals surface area contributed by atoms with Crippen molar-refractivity contribution >= 4 is 33.9 Å². The zero-order valence-corrected chi connectivity index (χ0v) is 18.8. The first-order valence-electron chi connectivity index (χ1n) is 10.5. The lowest BCUT2D eigenvalue weighted by Gasteiger charge is -2.23. The molecule has 0 aliphatic rings. The minimum absolute atomic E-state index is 0.243. The fourth-order valence-electron chi connectivity index (χ4n) is 3.70. The number of nitrogens with one attached hydrogen (secondary N) is 2. The van der Waals surface area contributed by atoms with E-state index in [9.17, 15) is 4.39 Å². The van der Waals surface area contributed by atoms with E-state index >= 15 is 0 Å². The standard InChI is InChI=1S/C24H28FN7/c1-15-6-5-7-17-18(13-27-22(15)17)23-19(25)14-28-24(30-23)29-16-8-9-21(20(26)12-16)32(4)11-10-31(2)3/h5-9,12-14,27H,10-11,26H2,1-4H3,(H,28,29,30). The van der Waals surface area contributed by atoms with Crippen LogP contribution in [-0.2, 0) is 0 Å². The molecule has 166 valence electrons. The molecule has 0 radical (unpaired) electrons. The number of aromatic nitrogens is 3. The third kappa shape index (κ3) is 4.36. The van der Waals surface area contributed by atoms with Crippen LogP contribution in [0.4, 0.5) is 27.4 Å². The zero-order valence-electron chi connectivity index (χ0n) is 18.8. The smallest absolute Gasteiger partial charge is 0.227 e. The van der Waals surface area contributed by atoms with Gasteiger partial charge in [-0.2, -0.15) is 0 Å². The molecule has 2 aromatic heterocycles. The number of H-pyrrole nitrogens is 1. The van der Waals surface area contributed by atoms with E-state index in [1.165, 1.54) is 6.20 Å². The molecule has 0 amide bonds. The number of halogens is 1. The maximum absolute atomic E-state index is 14.6. The Balaban J connectivity index is 1.59. The van der Waals surface area contributed by atoms with Gasteiger partial charge in [0, 0.05) is 48.5 Å². The number of aromatic amines is 1. The Bertz CT molecular complexity index is 1250. The quantitative estimate of drug-likeness (QED) is 0.375. The lowest BCUT2D eigenvalue weighted by molar-refractivity contribution is 0.416. The van der Waals surface area contributed by atoms with Gasteiger partial charge >= 0.3 is 0 Å². The fourth-order valence-corrected chi connectivity index (χ4v) is 3.70. The molecule has 0 saturated carbocycles. The predicted molar refractivity (Wildman–Crippen MR) is 130 cm³/mol. The second-order valence-corrected chi connectivity index (χ2v) is 8.21. The summed E-state index contributed by atoms with van der Waals surface area (Å²) in [6, 6.07) is 11.6. The number of nitrogen functional groups attached to an aromatic ring is 1. The van der Waals surface area contributed by atoms with Crippen molar-refractivity contribution in [2.75, 3.05) is 50.2 Å². The van der Waals surface area contributed by atoms with Crippen LogP contribution in [0.2, 0.25) is 0 Å². The van der Waals surface area contributed by atoms with E-state index in [1.807, 2.05) is 64.5 Å². The van der Waals surface area contributed by atoms with Gasteiger partial charge in [0.15, 0.2) is 5.82 Å². The van der Waals surface area contributed by atoms with Crippen molar-refractivity contribution < 1.29 is 4.39 Å². The Kier molecular flexibility index (Phi) is 5.96. The third-order valence-electron chi connectivity index (χ3n) is 5.50. The summed E-state index contributed by atoms with van der Waals surface area (Å²) < 4.78 is 14.6. The molecule has 4 N–H and O–H groups in total. The Morgan fingerprint density at radius 3 is 2.69 bits per heavy atom. The highest BCUT2D eigenvalue weighted by Gasteiger charge is 2.15. The Labute approximate surface area is 187 Å². The van der Waals surface area contributed by atoms with Gasteiger partial charge in [0.05, 0.1) is 17.6 Å². The minimum atomic E-state index is -0.477. The minimum Gasteiger partial charge on any atom is -0.397 e. The predicted octanol–water partition coefficient (Wildman–Crippen LogP) is 4.40. The average Bonchev–Trinajstić information content (AvgIpc) is 3.19. The van der Waals surface area contributed by atoms with Gasteiger partial charge < -0.3 is 25.8 Å². The van der Waals surface area contributed by atoms with Gasteiger partial charge in [0.1, 0.15) is 5.69 Å². The summed E-state index contributed by atoms with van der Waals surface area (Å²) in [4.78, 5) is 16.0. The molecule has 4 aromatic rings. The number of nitrogens with zero attached hydrogens (tertiary/aromatic N) is 4. The van der Waals surface area contributed by atoms with Crippen LogP contribution in [0.3, 0.4) is 0 Å². The van der Waals surface area contributed by atoms with Crippen molar-refractivity contribution in [1.29, 1.82) is 0 Å². The molecule has 7 nitrogen and oxygen atoms in total. The SMILES string of the molecule is Cc1cccc2c(-c3nc(Nc4ccc(N(C)CCN(C)C)c(N)c4)ncc3F)c[nH]c12. The van der Waals surface area contributed by atoms with Crippen LogP contribution in [-0.4, -0.2) is 54.1 Å². The summed E-state index contributed by atoms with van der Waals surface area (Å²) in [5.74, 6) is -0.174. The summed E-state index contributed by atoms with van der Waals surface area (Å²) in [5, 5.41) is 4.06. The summed E-state index contributed by atoms with van der Waals surface area (Å²) >= 11 is 0. The van der Waals surface area contributed by atoms with Crippen molar-refractivity contribution in [3.63, 3.8) is 0 Å². The lowest BCUT2D eigenvalue weighted by atomic mass is 10.1. The number of fused-ring (bicyclic) bond motifs is 1. The highest BCUT2D eigenvalue weighted by molar-refractivity contribution is 5.96. The largest absolute Gasteiger partial charge is 0.397 e. The van der Waals surface area contributed by atoms with Crippen LogP contribution >= 0.6 is 0 Å². The number of hydrogen-bond acceptors (Lipinski definition) is 6. The molecule has 0 fully saturated rings. The molecule has 0 aliphatic carbocycles. The first-order chi connectivity index (χ1) is 15.3. The summed E-state index contributed by atoms with van der Waals surface area (Å²) in [7, 11) is 6.10. The second-order valence-electron chi connectivity index (χ2n) is 8.21. The molecule has 0 spiro atoms. The van der Waals surface area contributed by atoms with Crippen LogP contribution < -0.4 is 16.0 Å². The molecule has 2 heterocycles. The molecule has 0 aliphatic heterocycles. The van der Waals surface area contributed by atoms with Crippen molar-refractivity contribution in [2.24, 2.45) is 0 Å². The number of aryl methyl sites for hydroxylation is 1. The Hall–Kier alpha value is -3.65. The summed E-state index contributed by atoms with van der Waals surface area (Å²) in [6.45, 7) is 3.80. The highest BCUT2D eigenvalue weighted by atomic mass is 19.1. The second kappa shape index (κ2) is 8.84. The van der Waals surface area contributed by atoms with E-state index in [0.717, 1.165) is 40.9 Å². The molecular weight excluding hydrogens is 405 g/mol. The molecule has 2 aromatic carbocycles. The third-order valence-corrected chi connectivity index (χ3v) is 5.50. The van der Waals surface area contributed by atoms with Gasteiger partial charge in [-0.1, -0.05) is 18.2 Å².